The number of nitrogens with zero attached hydrogens (tertiary/aromatic N) is 2. The Morgan fingerprint density at radius 2 is 2.45 bits per heavy atom. The summed E-state index contributed by atoms with van der Waals surface area (Å²) in [4.78, 5) is 0. The molecule has 0 aromatic carbocycles. The van der Waals surface area contributed by atoms with E-state index in [0.717, 1.165) is 5.57 Å². The summed E-state index contributed by atoms with van der Waals surface area (Å²) in [5.41, 5.74) is 1.08. The van der Waals surface area contributed by atoms with Crippen LogP contribution in [0, 0.1) is 11.3 Å². The lowest BCUT2D eigenvalue weighted by atomic mass is 10.1. The van der Waals surface area contributed by atoms with Crippen LogP contribution in [-0.2, 0) is 11.0 Å². The van der Waals surface area contributed by atoms with Gasteiger partial charge in [0.05, 0.1) is 17.1 Å². The zero-order valence-corrected chi connectivity index (χ0v) is 7.23. The molecule has 0 N–H and O–H groups in total. The predicted octanol–water partition coefficient (Wildman–Crippen LogP) is 0.436. The number of hydrogen-bond donors (Lipinski definition) is 0. The minimum Gasteiger partial charge on any atom is -0.243 e. The second-order valence-electron chi connectivity index (χ2n) is 2.34. The van der Waals surface area contributed by atoms with Gasteiger partial charge in [-0.05, 0) is 5.57 Å². The molecule has 0 bridgehead atoms. The molecule has 1 atom stereocenters. The van der Waals surface area contributed by atoms with Crippen molar-refractivity contribution in [3.8, 4) is 6.07 Å². The zero-order chi connectivity index (χ0) is 8.27. The molecule has 1 aliphatic heterocycles. The first kappa shape index (κ1) is 8.44. The van der Waals surface area contributed by atoms with E-state index in [1.165, 1.54) is 6.08 Å². The van der Waals surface area contributed by atoms with Crippen LogP contribution < -0.4 is 0 Å². The van der Waals surface area contributed by atoms with E-state index >= 15 is 0 Å². The Bertz CT molecular complexity index is 233. The van der Waals surface area contributed by atoms with Crippen LogP contribution in [0.4, 0.5) is 0 Å². The lowest BCUT2D eigenvalue weighted by Crippen LogP contribution is -2.41. The molecule has 4 heteroatoms. The lowest BCUT2D eigenvalue weighted by molar-refractivity contribution is 0.423. The highest BCUT2D eigenvalue weighted by molar-refractivity contribution is 7.82. The summed E-state index contributed by atoms with van der Waals surface area (Å²) in [6.45, 7) is 3.30. The molecule has 0 radical (unpaired) electrons. The summed E-state index contributed by atoms with van der Waals surface area (Å²) in [6, 6.07) is 1.96. The Labute approximate surface area is 68.9 Å². The fourth-order valence-electron chi connectivity index (χ4n) is 0.916. The molecular formula is C7H10N2OS. The summed E-state index contributed by atoms with van der Waals surface area (Å²) >= 11 is 0. The molecule has 1 rings (SSSR count). The minimum atomic E-state index is -0.826. The summed E-state index contributed by atoms with van der Waals surface area (Å²) < 4.78 is 12.9. The summed E-state index contributed by atoms with van der Waals surface area (Å²) in [5, 5.41) is 8.26. The van der Waals surface area contributed by atoms with E-state index in [-0.39, 0.29) is 0 Å². The molecule has 0 aliphatic carbocycles. The molecule has 0 aromatic rings. The molecule has 1 fully saturated rings. The van der Waals surface area contributed by atoms with Crippen LogP contribution in [0.15, 0.2) is 11.6 Å². The maximum absolute atomic E-state index is 11.1. The molecule has 1 heterocycles. The normalized spacial score (nSPS) is 20.2. The molecule has 60 valence electrons. The lowest BCUT2D eigenvalue weighted by Gasteiger charge is -2.31. The van der Waals surface area contributed by atoms with Crippen LogP contribution in [0.2, 0.25) is 0 Å². The molecule has 11 heavy (non-hydrogen) atoms. The largest absolute Gasteiger partial charge is 0.243 e. The summed E-state index contributed by atoms with van der Waals surface area (Å²) in [6.07, 6.45) is 1.53. The van der Waals surface area contributed by atoms with Crippen molar-refractivity contribution in [1.82, 2.24) is 4.31 Å². The summed E-state index contributed by atoms with van der Waals surface area (Å²) in [5.74, 6) is 0.667. The van der Waals surface area contributed by atoms with E-state index in [2.05, 4.69) is 0 Å². The molecule has 0 saturated carbocycles. The third-order valence-corrected chi connectivity index (χ3v) is 2.89. The van der Waals surface area contributed by atoms with Gasteiger partial charge in [0.1, 0.15) is 0 Å². The average molecular weight is 170 g/mol. The molecule has 0 aromatic heterocycles. The van der Waals surface area contributed by atoms with Crippen molar-refractivity contribution in [2.75, 3.05) is 18.8 Å². The van der Waals surface area contributed by atoms with Crippen molar-refractivity contribution in [2.24, 2.45) is 0 Å². The highest BCUT2D eigenvalue weighted by Crippen LogP contribution is 2.15. The number of nitriles is 1. The maximum Gasteiger partial charge on any atom is 0.0945 e. The Kier molecular flexibility index (Phi) is 2.80. The van der Waals surface area contributed by atoms with Gasteiger partial charge in [0, 0.05) is 24.9 Å². The van der Waals surface area contributed by atoms with Gasteiger partial charge in [-0.1, -0.05) is 6.92 Å². The fourth-order valence-corrected chi connectivity index (χ4v) is 1.90. The Hall–Kier alpha value is -0.660. The van der Waals surface area contributed by atoms with Gasteiger partial charge in [-0.3, -0.25) is 0 Å². The van der Waals surface area contributed by atoms with Crippen LogP contribution in [0.25, 0.3) is 0 Å². The predicted molar refractivity (Wildman–Crippen MR) is 44.0 cm³/mol. The van der Waals surface area contributed by atoms with E-state index in [1.807, 2.05) is 17.3 Å². The van der Waals surface area contributed by atoms with Gasteiger partial charge in [-0.15, -0.1) is 0 Å². The van der Waals surface area contributed by atoms with Gasteiger partial charge in [-0.2, -0.15) is 5.26 Å². The highest BCUT2D eigenvalue weighted by Gasteiger charge is 2.23. The second kappa shape index (κ2) is 3.65. The molecule has 1 aliphatic rings. The van der Waals surface area contributed by atoms with Crippen molar-refractivity contribution in [2.45, 2.75) is 6.92 Å². The van der Waals surface area contributed by atoms with Gasteiger partial charge < -0.3 is 0 Å². The van der Waals surface area contributed by atoms with E-state index in [9.17, 15) is 4.21 Å². The first-order valence-electron chi connectivity index (χ1n) is 3.49. The molecule has 0 spiro atoms. The average Bonchev–Trinajstić information content (AvgIpc) is 1.94. The molecule has 3 nitrogen and oxygen atoms in total. The third-order valence-electron chi connectivity index (χ3n) is 1.56. The van der Waals surface area contributed by atoms with Crippen molar-refractivity contribution < 1.29 is 4.21 Å². The monoisotopic (exact) mass is 170 g/mol. The van der Waals surface area contributed by atoms with Gasteiger partial charge in [0.2, 0.25) is 0 Å². The van der Waals surface area contributed by atoms with Gasteiger partial charge in [0.25, 0.3) is 0 Å². The van der Waals surface area contributed by atoms with E-state index in [1.54, 1.807) is 0 Å². The van der Waals surface area contributed by atoms with Gasteiger partial charge in [-0.25, -0.2) is 8.51 Å². The molecule has 1 unspecified atom stereocenters. The quantitative estimate of drug-likeness (QED) is 0.564. The Morgan fingerprint density at radius 1 is 1.82 bits per heavy atom. The number of hydrogen-bond acceptors (Lipinski definition) is 2. The second-order valence-corrected chi connectivity index (χ2v) is 4.08. The van der Waals surface area contributed by atoms with Crippen molar-refractivity contribution in [1.29, 1.82) is 5.26 Å². The van der Waals surface area contributed by atoms with Crippen LogP contribution in [0.3, 0.4) is 0 Å². The van der Waals surface area contributed by atoms with Crippen LogP contribution in [-0.4, -0.2) is 27.4 Å². The smallest absolute Gasteiger partial charge is 0.0945 e. The first-order valence-corrected chi connectivity index (χ1v) is 4.76. The standard InChI is InChI=1S/C7H10N2OS/c1-2-11(10)9-5-7(6-9)3-4-8/h3H,2,5-6H2,1H3. The molecule has 0 amide bonds. The number of rotatable bonds is 2. The molecular weight excluding hydrogens is 160 g/mol. The van der Waals surface area contributed by atoms with Crippen LogP contribution in [0.5, 0.6) is 0 Å². The molecule has 1 saturated heterocycles. The van der Waals surface area contributed by atoms with Crippen LogP contribution >= 0.6 is 0 Å². The topological polar surface area (TPSA) is 44.1 Å². The first-order chi connectivity index (χ1) is 5.27. The van der Waals surface area contributed by atoms with Gasteiger partial charge >= 0.3 is 0 Å². The van der Waals surface area contributed by atoms with E-state index in [4.69, 9.17) is 5.26 Å². The van der Waals surface area contributed by atoms with Crippen molar-refractivity contribution in [3.63, 3.8) is 0 Å². The van der Waals surface area contributed by atoms with E-state index < -0.39 is 11.0 Å². The highest BCUT2D eigenvalue weighted by atomic mass is 32.2. The Balaban J connectivity index is 2.36. The van der Waals surface area contributed by atoms with Gasteiger partial charge in [0.15, 0.2) is 0 Å². The fraction of sp³-hybridized carbons (Fsp3) is 0.571. The van der Waals surface area contributed by atoms with E-state index in [0.29, 0.717) is 18.8 Å². The van der Waals surface area contributed by atoms with Crippen molar-refractivity contribution >= 4 is 11.0 Å². The summed E-state index contributed by atoms with van der Waals surface area (Å²) in [7, 11) is -0.826. The third kappa shape index (κ3) is 1.88. The van der Waals surface area contributed by atoms with Crippen molar-refractivity contribution in [3.05, 3.63) is 11.6 Å². The maximum atomic E-state index is 11.1. The Morgan fingerprint density at radius 3 is 2.91 bits per heavy atom. The van der Waals surface area contributed by atoms with Crippen LogP contribution in [0.1, 0.15) is 6.92 Å². The zero-order valence-electron chi connectivity index (χ0n) is 6.41. The minimum absolute atomic E-state index is 0.667. The SMILES string of the molecule is CCS(=O)N1CC(=CC#N)C1. The number of allylic oxidation sites excluding steroid dienone is 1.